The summed E-state index contributed by atoms with van der Waals surface area (Å²) in [5.74, 6) is -5.90. The number of aliphatic hydroxyl groups excluding tert-OH is 1. The molecule has 388 valence electrons. The van der Waals surface area contributed by atoms with Crippen molar-refractivity contribution in [2.45, 2.75) is 115 Å². The minimum Gasteiger partial charge on any atom is -0.461 e. The molecule has 0 unspecified atom stereocenters. The lowest BCUT2D eigenvalue weighted by molar-refractivity contribution is -0.346. The topological polar surface area (TPSA) is 206 Å². The normalized spacial score (nSPS) is 27.4. The Labute approximate surface area is 435 Å². The number of carbonyl (C=O) groups is 7. The first-order valence-electron chi connectivity index (χ1n) is 25.3. The fourth-order valence-corrected chi connectivity index (χ4v) is 11.9. The summed E-state index contributed by atoms with van der Waals surface area (Å²) >= 11 is 0. The number of hydrogen-bond donors (Lipinski definition) is 2. The lowest BCUT2D eigenvalue weighted by Crippen LogP contribution is -2.82. The van der Waals surface area contributed by atoms with Crippen LogP contribution in [0.15, 0.2) is 151 Å². The van der Waals surface area contributed by atoms with Gasteiger partial charge in [0.05, 0.1) is 29.6 Å². The van der Waals surface area contributed by atoms with Crippen LogP contribution in [0.4, 0.5) is 0 Å². The van der Waals surface area contributed by atoms with Crippen LogP contribution in [0.25, 0.3) is 0 Å². The summed E-state index contributed by atoms with van der Waals surface area (Å²) in [6.07, 6.45) is -8.24. The van der Waals surface area contributed by atoms with E-state index in [1.807, 2.05) is 12.1 Å². The monoisotopic (exact) mass is 1020 g/mol. The number of ketones is 3. The average Bonchev–Trinajstić information content (AvgIpc) is 3.40. The molecule has 0 spiro atoms. The number of aliphatic hydroxyl groups is 2. The van der Waals surface area contributed by atoms with Crippen LogP contribution in [0, 0.1) is 16.7 Å². The van der Waals surface area contributed by atoms with Gasteiger partial charge in [0, 0.05) is 60.3 Å². The number of benzene rings is 5. The Morgan fingerprint density at radius 1 is 0.640 bits per heavy atom. The van der Waals surface area contributed by atoms with Crippen LogP contribution in [-0.4, -0.2) is 99.8 Å². The van der Waals surface area contributed by atoms with Gasteiger partial charge in [0.2, 0.25) is 0 Å². The Kier molecular flexibility index (Phi) is 14.5. The third kappa shape index (κ3) is 9.67. The predicted molar refractivity (Wildman–Crippen MR) is 272 cm³/mol. The Balaban J connectivity index is 1.08. The summed E-state index contributed by atoms with van der Waals surface area (Å²) in [7, 11) is 0. The highest BCUT2D eigenvalue weighted by atomic mass is 16.6. The van der Waals surface area contributed by atoms with Gasteiger partial charge in [0.1, 0.15) is 23.9 Å². The lowest BCUT2D eigenvalue weighted by Gasteiger charge is -2.67. The van der Waals surface area contributed by atoms with Gasteiger partial charge in [-0.1, -0.05) is 141 Å². The number of esters is 4. The summed E-state index contributed by atoms with van der Waals surface area (Å²) in [4.78, 5) is 99.0. The Morgan fingerprint density at radius 2 is 1.11 bits per heavy atom. The van der Waals surface area contributed by atoms with Crippen LogP contribution in [-0.2, 0) is 55.7 Å². The molecule has 4 aliphatic rings. The number of rotatable bonds is 15. The summed E-state index contributed by atoms with van der Waals surface area (Å²) in [6.45, 7) is 7.18. The van der Waals surface area contributed by atoms with Gasteiger partial charge < -0.3 is 33.9 Å². The van der Waals surface area contributed by atoms with Crippen molar-refractivity contribution in [2.75, 3.05) is 6.61 Å². The minimum atomic E-state index is -2.30. The average molecular weight is 1020 g/mol. The number of aryl methyl sites for hydroxylation is 2. The van der Waals surface area contributed by atoms with Crippen LogP contribution in [0.2, 0.25) is 0 Å². The molecular formula is C61H60O14. The van der Waals surface area contributed by atoms with Gasteiger partial charge in [0.15, 0.2) is 29.1 Å². The van der Waals surface area contributed by atoms with Gasteiger partial charge >= 0.3 is 23.9 Å². The van der Waals surface area contributed by atoms with Crippen LogP contribution >= 0.6 is 0 Å². The van der Waals surface area contributed by atoms with Crippen molar-refractivity contribution in [3.8, 4) is 0 Å². The molecule has 0 aromatic heterocycles. The summed E-state index contributed by atoms with van der Waals surface area (Å²) in [6, 6.07) is 39.3. The number of fused-ring (bicyclic) bond motifs is 5. The van der Waals surface area contributed by atoms with Gasteiger partial charge in [-0.05, 0) is 61.1 Å². The van der Waals surface area contributed by atoms with E-state index < -0.39 is 94.6 Å². The first-order valence-corrected chi connectivity index (χ1v) is 25.3. The predicted octanol–water partition coefficient (Wildman–Crippen LogP) is 7.91. The second kappa shape index (κ2) is 20.7. The molecule has 14 nitrogen and oxygen atoms in total. The maximum atomic E-state index is 16.3. The van der Waals surface area contributed by atoms with E-state index in [2.05, 4.69) is 0 Å². The highest BCUT2D eigenvalue weighted by Gasteiger charge is 2.79. The molecule has 1 saturated heterocycles. The van der Waals surface area contributed by atoms with E-state index in [0.29, 0.717) is 27.8 Å². The number of carbonyl (C=O) groups excluding carboxylic acids is 7. The van der Waals surface area contributed by atoms with Crippen molar-refractivity contribution in [3.63, 3.8) is 0 Å². The van der Waals surface area contributed by atoms with Gasteiger partial charge in [-0.2, -0.15) is 0 Å². The van der Waals surface area contributed by atoms with Crippen LogP contribution in [0.1, 0.15) is 114 Å². The molecule has 0 radical (unpaired) electrons. The van der Waals surface area contributed by atoms with E-state index in [-0.39, 0.29) is 67.0 Å². The lowest BCUT2D eigenvalue weighted by atomic mass is 9.44. The summed E-state index contributed by atoms with van der Waals surface area (Å²) in [5.41, 5.74) is -3.99. The third-order valence-corrected chi connectivity index (χ3v) is 16.2. The molecule has 14 heteroatoms. The van der Waals surface area contributed by atoms with Crippen molar-refractivity contribution in [1.82, 2.24) is 0 Å². The molecule has 2 N–H and O–H groups in total. The van der Waals surface area contributed by atoms with Crippen molar-refractivity contribution in [1.29, 1.82) is 0 Å². The van der Waals surface area contributed by atoms with E-state index in [1.54, 1.807) is 136 Å². The minimum absolute atomic E-state index is 0.0686. The van der Waals surface area contributed by atoms with Crippen molar-refractivity contribution in [2.24, 2.45) is 16.7 Å². The molecule has 5 aromatic carbocycles. The fraction of sp³-hybridized carbons (Fsp3) is 0.361. The Hall–Kier alpha value is -7.39. The molecule has 2 saturated carbocycles. The Bertz CT molecular complexity index is 3040. The van der Waals surface area contributed by atoms with Crippen molar-refractivity contribution >= 4 is 41.2 Å². The summed E-state index contributed by atoms with van der Waals surface area (Å²) in [5, 5.41) is 25.7. The zero-order valence-electron chi connectivity index (χ0n) is 42.5. The van der Waals surface area contributed by atoms with E-state index in [4.69, 9.17) is 23.7 Å². The van der Waals surface area contributed by atoms with Crippen LogP contribution in [0.3, 0.4) is 0 Å². The van der Waals surface area contributed by atoms with Crippen LogP contribution < -0.4 is 0 Å². The molecule has 2 bridgehead atoms. The van der Waals surface area contributed by atoms with E-state index in [0.717, 1.165) is 5.56 Å². The van der Waals surface area contributed by atoms with E-state index in [1.165, 1.54) is 26.0 Å². The maximum Gasteiger partial charge on any atom is 0.338 e. The molecule has 75 heavy (non-hydrogen) atoms. The van der Waals surface area contributed by atoms with Crippen molar-refractivity contribution in [3.05, 3.63) is 190 Å². The number of hydrogen-bond acceptors (Lipinski definition) is 14. The SMILES string of the molecule is CC(=O)O[C@@]12CO[C@@H]1C[C@H](OC(=O)CCc1ccc(C(=O)c3ccccc3)cc1)[C@@]1(C)C(=O)[C@H](OC(=O)CCc3ccc(C(=O)c4ccccc4)cc3)C3=C(C)[C@@H](O)C[C@@](O)([C@@H](OC(=O)c4ccccc4)[C@H]21)C3(C)C. The van der Waals surface area contributed by atoms with Gasteiger partial charge in [-0.3, -0.25) is 28.8 Å². The van der Waals surface area contributed by atoms with Gasteiger partial charge in [-0.25, -0.2) is 4.79 Å². The third-order valence-electron chi connectivity index (χ3n) is 16.2. The van der Waals surface area contributed by atoms with Crippen molar-refractivity contribution < 1.29 is 67.5 Å². The molecule has 1 aliphatic heterocycles. The molecule has 3 fully saturated rings. The maximum absolute atomic E-state index is 16.3. The fourth-order valence-electron chi connectivity index (χ4n) is 11.9. The Morgan fingerprint density at radius 3 is 1.57 bits per heavy atom. The second-order valence-electron chi connectivity index (χ2n) is 20.9. The first-order chi connectivity index (χ1) is 35.8. The standard InChI is InChI=1S/C61H60O14/c1-36-45(63)34-61(70)56(74-57(69)44-19-13-8-14-20-44)54-59(5,55(68)53(50(36)58(61,3)4)73-49(65)32-26-39-23-29-43(30-24-39)52(67)41-17-11-7-12-18-41)46(33-47-60(54,35-71-47)75-37(2)62)72-48(64)31-25-38-21-27-42(28-22-38)51(66)40-15-9-6-10-16-40/h6-24,27-30,45-47,53-54,56,63,70H,25-26,31-35H2,1-5H3/t45-,46-,47+,53+,54-,56-,59+,60-,61+/m0/s1. The molecular weight excluding hydrogens is 957 g/mol. The molecule has 0 amide bonds. The smallest absolute Gasteiger partial charge is 0.338 e. The quantitative estimate of drug-likeness (QED) is 0.0443. The molecule has 9 atom stereocenters. The summed E-state index contributed by atoms with van der Waals surface area (Å²) < 4.78 is 31.6. The molecule has 5 aromatic rings. The number of ether oxygens (including phenoxy) is 5. The zero-order chi connectivity index (χ0) is 53.5. The highest BCUT2D eigenvalue weighted by molar-refractivity contribution is 6.09. The van der Waals surface area contributed by atoms with Gasteiger partial charge in [0.25, 0.3) is 0 Å². The molecule has 1 heterocycles. The largest absolute Gasteiger partial charge is 0.461 e. The van der Waals surface area contributed by atoms with Crippen LogP contribution in [0.5, 0.6) is 0 Å². The second-order valence-corrected chi connectivity index (χ2v) is 20.9. The van der Waals surface area contributed by atoms with Gasteiger partial charge in [-0.15, -0.1) is 0 Å². The molecule has 9 rings (SSSR count). The first kappa shape index (κ1) is 52.5. The zero-order valence-corrected chi connectivity index (χ0v) is 42.5. The molecule has 3 aliphatic carbocycles. The highest BCUT2D eigenvalue weighted by Crippen LogP contribution is 2.65. The number of Topliss-reactive ketones (excluding diaryl/α,β-unsaturated/α-hetero) is 1. The van der Waals surface area contributed by atoms with E-state index >= 15 is 4.79 Å². The van der Waals surface area contributed by atoms with E-state index in [9.17, 15) is 39.0 Å².